The quantitative estimate of drug-likeness (QED) is 0.602. The molecule has 0 bridgehead atoms. The molecule has 3 N–H and O–H groups in total. The summed E-state index contributed by atoms with van der Waals surface area (Å²) in [6, 6.07) is 2.60. The van der Waals surface area contributed by atoms with Crippen molar-refractivity contribution >= 4 is 17.3 Å². The average Bonchev–Trinajstić information content (AvgIpc) is 2.78. The maximum absolute atomic E-state index is 10.6. The highest BCUT2D eigenvalue weighted by molar-refractivity contribution is 5.52. The molecule has 0 amide bonds. The third-order valence-corrected chi connectivity index (χ3v) is 2.58. The number of pyridine rings is 1. The van der Waals surface area contributed by atoms with Crippen LogP contribution in [0, 0.1) is 10.1 Å². The summed E-state index contributed by atoms with van der Waals surface area (Å²) < 4.78 is 5.43. The molecule has 2 rings (SSSR count). The van der Waals surface area contributed by atoms with Gasteiger partial charge in [-0.15, -0.1) is 0 Å². The SMILES string of the molecule is Nc1cc([N+](=O)[O-])cc(NCC2CCCO2)n1. The standard InChI is InChI=1S/C10H14N4O3/c11-9-4-7(14(15)16)5-10(13-9)12-6-8-2-1-3-17-8/h4-5,8H,1-3,6H2,(H3,11,12,13). The summed E-state index contributed by atoms with van der Waals surface area (Å²) in [6.07, 6.45) is 2.20. The molecule has 1 saturated heterocycles. The Hall–Kier alpha value is -1.89. The number of nitrogens with two attached hydrogens (primary N) is 1. The molecule has 2 heterocycles. The predicted octanol–water partition coefficient (Wildman–Crippen LogP) is 1.16. The summed E-state index contributed by atoms with van der Waals surface area (Å²) in [4.78, 5) is 14.1. The normalized spacial score (nSPS) is 19.2. The summed E-state index contributed by atoms with van der Waals surface area (Å²) in [5.74, 6) is 0.543. The second kappa shape index (κ2) is 4.96. The number of nitrogen functional groups attached to an aromatic ring is 1. The van der Waals surface area contributed by atoms with Gasteiger partial charge in [0.25, 0.3) is 5.69 Å². The molecule has 1 atom stereocenters. The fraction of sp³-hybridized carbons (Fsp3) is 0.500. The first-order valence-corrected chi connectivity index (χ1v) is 5.42. The summed E-state index contributed by atoms with van der Waals surface area (Å²) in [7, 11) is 0. The van der Waals surface area contributed by atoms with Crippen LogP contribution in [0.5, 0.6) is 0 Å². The highest BCUT2D eigenvalue weighted by Gasteiger charge is 2.16. The predicted molar refractivity (Wildman–Crippen MR) is 62.8 cm³/mol. The van der Waals surface area contributed by atoms with Crippen molar-refractivity contribution in [3.05, 3.63) is 22.2 Å². The van der Waals surface area contributed by atoms with E-state index in [1.54, 1.807) is 0 Å². The van der Waals surface area contributed by atoms with Gasteiger partial charge in [0.05, 0.1) is 23.2 Å². The number of ether oxygens (including phenoxy) is 1. The zero-order chi connectivity index (χ0) is 12.3. The largest absolute Gasteiger partial charge is 0.383 e. The topological polar surface area (TPSA) is 103 Å². The number of nitrogens with one attached hydrogen (secondary N) is 1. The van der Waals surface area contributed by atoms with Crippen molar-refractivity contribution in [3.8, 4) is 0 Å². The van der Waals surface area contributed by atoms with E-state index in [9.17, 15) is 10.1 Å². The molecule has 1 aliphatic heterocycles. The van der Waals surface area contributed by atoms with Crippen LogP contribution in [0.2, 0.25) is 0 Å². The molecular weight excluding hydrogens is 224 g/mol. The van der Waals surface area contributed by atoms with Gasteiger partial charge in [-0.05, 0) is 12.8 Å². The van der Waals surface area contributed by atoms with Crippen molar-refractivity contribution in [2.24, 2.45) is 0 Å². The zero-order valence-electron chi connectivity index (χ0n) is 9.26. The van der Waals surface area contributed by atoms with Crippen molar-refractivity contribution in [2.75, 3.05) is 24.2 Å². The van der Waals surface area contributed by atoms with Crippen LogP contribution in [-0.2, 0) is 4.74 Å². The van der Waals surface area contributed by atoms with E-state index in [2.05, 4.69) is 10.3 Å². The van der Waals surface area contributed by atoms with E-state index in [0.29, 0.717) is 12.4 Å². The second-order valence-electron chi connectivity index (χ2n) is 3.91. The Morgan fingerprint density at radius 1 is 1.65 bits per heavy atom. The van der Waals surface area contributed by atoms with Crippen LogP contribution in [0.4, 0.5) is 17.3 Å². The molecule has 0 aromatic carbocycles. The number of rotatable bonds is 4. The Balaban J connectivity index is 2.01. The molecule has 92 valence electrons. The monoisotopic (exact) mass is 238 g/mol. The number of hydrogen-bond acceptors (Lipinski definition) is 6. The third kappa shape index (κ3) is 3.04. The van der Waals surface area contributed by atoms with Gasteiger partial charge >= 0.3 is 0 Å². The minimum Gasteiger partial charge on any atom is -0.383 e. The first kappa shape index (κ1) is 11.6. The molecule has 0 saturated carbocycles. The maximum Gasteiger partial charge on any atom is 0.276 e. The van der Waals surface area contributed by atoms with Crippen LogP contribution in [0.3, 0.4) is 0 Å². The lowest BCUT2D eigenvalue weighted by Gasteiger charge is -2.11. The Labute approximate surface area is 98.1 Å². The molecule has 1 aliphatic rings. The van der Waals surface area contributed by atoms with E-state index in [-0.39, 0.29) is 17.6 Å². The second-order valence-corrected chi connectivity index (χ2v) is 3.91. The first-order chi connectivity index (χ1) is 8.15. The highest BCUT2D eigenvalue weighted by atomic mass is 16.6. The van der Waals surface area contributed by atoms with E-state index in [1.807, 2.05) is 0 Å². The van der Waals surface area contributed by atoms with E-state index in [0.717, 1.165) is 19.4 Å². The summed E-state index contributed by atoms with van der Waals surface area (Å²) >= 11 is 0. The van der Waals surface area contributed by atoms with Gasteiger partial charge < -0.3 is 15.8 Å². The molecule has 1 unspecified atom stereocenters. The van der Waals surface area contributed by atoms with Crippen LogP contribution in [-0.4, -0.2) is 29.2 Å². The van der Waals surface area contributed by atoms with Gasteiger partial charge in [-0.25, -0.2) is 4.98 Å². The smallest absolute Gasteiger partial charge is 0.276 e. The lowest BCUT2D eigenvalue weighted by molar-refractivity contribution is -0.384. The molecule has 0 radical (unpaired) electrons. The van der Waals surface area contributed by atoms with Crippen molar-refractivity contribution in [1.82, 2.24) is 4.98 Å². The fourth-order valence-electron chi connectivity index (χ4n) is 1.76. The van der Waals surface area contributed by atoms with Crippen molar-refractivity contribution in [2.45, 2.75) is 18.9 Å². The Kier molecular flexibility index (Phi) is 3.38. The zero-order valence-corrected chi connectivity index (χ0v) is 9.26. The molecule has 0 aliphatic carbocycles. The Bertz CT molecular complexity index is 418. The third-order valence-electron chi connectivity index (χ3n) is 2.58. The fourth-order valence-corrected chi connectivity index (χ4v) is 1.76. The van der Waals surface area contributed by atoms with Crippen LogP contribution < -0.4 is 11.1 Å². The molecule has 17 heavy (non-hydrogen) atoms. The highest BCUT2D eigenvalue weighted by Crippen LogP contribution is 2.19. The minimum absolute atomic E-state index is 0.0626. The van der Waals surface area contributed by atoms with Gasteiger partial charge in [-0.2, -0.15) is 0 Å². The van der Waals surface area contributed by atoms with Crippen molar-refractivity contribution in [1.29, 1.82) is 0 Å². The van der Waals surface area contributed by atoms with E-state index < -0.39 is 4.92 Å². The van der Waals surface area contributed by atoms with Gasteiger partial charge in [0, 0.05) is 13.2 Å². The number of nitro groups is 1. The Morgan fingerprint density at radius 3 is 3.12 bits per heavy atom. The number of hydrogen-bond donors (Lipinski definition) is 2. The first-order valence-electron chi connectivity index (χ1n) is 5.42. The van der Waals surface area contributed by atoms with Gasteiger partial charge in [0.2, 0.25) is 0 Å². The van der Waals surface area contributed by atoms with Crippen LogP contribution >= 0.6 is 0 Å². The number of aromatic nitrogens is 1. The van der Waals surface area contributed by atoms with Crippen LogP contribution in [0.25, 0.3) is 0 Å². The summed E-state index contributed by atoms with van der Waals surface area (Å²) in [5, 5.41) is 13.6. The molecular formula is C10H14N4O3. The van der Waals surface area contributed by atoms with E-state index in [4.69, 9.17) is 10.5 Å². The van der Waals surface area contributed by atoms with Crippen LogP contribution in [0.15, 0.2) is 12.1 Å². The molecule has 7 nitrogen and oxygen atoms in total. The maximum atomic E-state index is 10.6. The van der Waals surface area contributed by atoms with Gasteiger partial charge in [-0.1, -0.05) is 0 Å². The molecule has 0 spiro atoms. The number of nitrogens with zero attached hydrogens (tertiary/aromatic N) is 2. The molecule has 1 aromatic rings. The number of anilines is 2. The van der Waals surface area contributed by atoms with Gasteiger partial charge in [0.15, 0.2) is 0 Å². The van der Waals surface area contributed by atoms with Crippen molar-refractivity contribution < 1.29 is 9.66 Å². The summed E-state index contributed by atoms with van der Waals surface area (Å²) in [6.45, 7) is 1.37. The van der Waals surface area contributed by atoms with Gasteiger partial charge in [-0.3, -0.25) is 10.1 Å². The Morgan fingerprint density at radius 2 is 2.47 bits per heavy atom. The van der Waals surface area contributed by atoms with Gasteiger partial charge in [0.1, 0.15) is 11.6 Å². The van der Waals surface area contributed by atoms with E-state index >= 15 is 0 Å². The van der Waals surface area contributed by atoms with E-state index in [1.165, 1.54) is 12.1 Å². The lowest BCUT2D eigenvalue weighted by atomic mass is 10.2. The minimum atomic E-state index is -0.491. The van der Waals surface area contributed by atoms with Crippen molar-refractivity contribution in [3.63, 3.8) is 0 Å². The summed E-state index contributed by atoms with van der Waals surface area (Å²) in [5.41, 5.74) is 5.43. The van der Waals surface area contributed by atoms with Crippen LogP contribution in [0.1, 0.15) is 12.8 Å². The lowest BCUT2D eigenvalue weighted by Crippen LogP contribution is -2.19. The molecule has 1 aromatic heterocycles. The average molecular weight is 238 g/mol. The molecule has 1 fully saturated rings. The molecule has 7 heteroatoms.